The molecule has 2 rings (SSSR count). The minimum absolute atomic E-state index is 0.158. The van der Waals surface area contributed by atoms with E-state index < -0.39 is 0 Å². The Hall–Kier alpha value is -0.870. The number of nitrogens with one attached hydrogen (secondary N) is 1. The predicted octanol–water partition coefficient (Wildman–Crippen LogP) is 3.33. The molecule has 1 aliphatic heterocycles. The minimum atomic E-state index is -0.244. The highest BCUT2D eigenvalue weighted by Crippen LogP contribution is 2.31. The molecule has 1 saturated heterocycles. The quantitative estimate of drug-likeness (QED) is 0.859. The fourth-order valence-electron chi connectivity index (χ4n) is 2.50. The first kappa shape index (κ1) is 14.5. The summed E-state index contributed by atoms with van der Waals surface area (Å²) in [6, 6.07) is 7.92. The molecule has 3 nitrogen and oxygen atoms in total. The molecule has 0 bridgehead atoms. The summed E-state index contributed by atoms with van der Waals surface area (Å²) in [5.41, 5.74) is 0.546. The van der Waals surface area contributed by atoms with E-state index >= 15 is 0 Å². The topological polar surface area (TPSA) is 32.3 Å². The summed E-state index contributed by atoms with van der Waals surface area (Å²) in [5, 5.41) is 3.48. The Labute approximate surface area is 123 Å². The number of benzene rings is 1. The van der Waals surface area contributed by atoms with E-state index in [0.717, 1.165) is 16.7 Å². The van der Waals surface area contributed by atoms with Gasteiger partial charge in [0.15, 0.2) is 0 Å². The highest BCUT2D eigenvalue weighted by molar-refractivity contribution is 9.10. The molecule has 0 aliphatic carbocycles. The third-order valence-corrected chi connectivity index (χ3v) is 4.01. The second-order valence-corrected chi connectivity index (χ2v) is 7.35. The van der Waals surface area contributed by atoms with E-state index in [1.54, 1.807) is 0 Å². The fourth-order valence-corrected chi connectivity index (χ4v) is 2.89. The fraction of sp³-hybridized carbons (Fsp3) is 0.533. The molecule has 104 valence electrons. The van der Waals surface area contributed by atoms with Gasteiger partial charge in [0.2, 0.25) is 5.91 Å². The Balaban J connectivity index is 2.43. The highest BCUT2D eigenvalue weighted by Gasteiger charge is 2.39. The number of carbonyl (C=O) groups excluding carboxylic acids is 1. The molecule has 1 aromatic carbocycles. The molecule has 0 atom stereocenters. The van der Waals surface area contributed by atoms with E-state index in [1.165, 1.54) is 0 Å². The summed E-state index contributed by atoms with van der Waals surface area (Å²) < 4.78 is 0.991. The van der Waals surface area contributed by atoms with Gasteiger partial charge in [-0.05, 0) is 45.9 Å². The Kier molecular flexibility index (Phi) is 3.76. The Morgan fingerprint density at radius 1 is 1.26 bits per heavy atom. The summed E-state index contributed by atoms with van der Waals surface area (Å²) in [7, 11) is 0. The lowest BCUT2D eigenvalue weighted by atomic mass is 10.0. The normalized spacial score (nSPS) is 22.2. The highest BCUT2D eigenvalue weighted by atomic mass is 79.9. The van der Waals surface area contributed by atoms with Crippen molar-refractivity contribution >= 4 is 27.5 Å². The van der Waals surface area contributed by atoms with E-state index in [9.17, 15) is 4.79 Å². The zero-order chi connectivity index (χ0) is 14.3. The molecular formula is C15H21BrN2O. The number of carbonyl (C=O) groups is 1. The van der Waals surface area contributed by atoms with Gasteiger partial charge in [0, 0.05) is 28.7 Å². The number of hydrogen-bond donors (Lipinski definition) is 1. The van der Waals surface area contributed by atoms with Crippen molar-refractivity contribution in [1.82, 2.24) is 5.32 Å². The summed E-state index contributed by atoms with van der Waals surface area (Å²) in [4.78, 5) is 14.5. The molecule has 1 N–H and O–H groups in total. The van der Waals surface area contributed by atoms with Crippen molar-refractivity contribution in [3.8, 4) is 0 Å². The Bertz CT molecular complexity index is 497. The zero-order valence-electron chi connectivity index (χ0n) is 12.0. The van der Waals surface area contributed by atoms with Gasteiger partial charge >= 0.3 is 0 Å². The van der Waals surface area contributed by atoms with Crippen LogP contribution in [0, 0.1) is 0 Å². The van der Waals surface area contributed by atoms with Gasteiger partial charge in [0.25, 0.3) is 0 Å². The van der Waals surface area contributed by atoms with Gasteiger partial charge in [-0.25, -0.2) is 0 Å². The third-order valence-electron chi connectivity index (χ3n) is 3.51. The average Bonchev–Trinajstić information content (AvgIpc) is 2.33. The molecule has 1 amide bonds. The number of halogens is 1. The van der Waals surface area contributed by atoms with Gasteiger partial charge in [-0.3, -0.25) is 4.79 Å². The van der Waals surface area contributed by atoms with Crippen LogP contribution in [-0.4, -0.2) is 23.5 Å². The van der Waals surface area contributed by atoms with Gasteiger partial charge < -0.3 is 10.2 Å². The standard InChI is InChI=1S/C15H21BrN2O/c1-14(2)9-13(19)18(15(3,4)10-17-14)12-7-5-6-11(16)8-12/h5-8,17H,9-10H2,1-4H3. The SMILES string of the molecule is CC1(C)CC(=O)N(c2cccc(Br)c2)C(C)(C)CN1. The summed E-state index contributed by atoms with van der Waals surface area (Å²) >= 11 is 3.47. The van der Waals surface area contributed by atoms with Crippen LogP contribution in [0.1, 0.15) is 34.1 Å². The maximum atomic E-state index is 12.6. The first-order valence-corrected chi connectivity index (χ1v) is 7.34. The molecule has 0 radical (unpaired) electrons. The van der Waals surface area contributed by atoms with Gasteiger partial charge in [0.1, 0.15) is 0 Å². The second-order valence-electron chi connectivity index (χ2n) is 6.44. The summed E-state index contributed by atoms with van der Waals surface area (Å²) in [6.45, 7) is 9.12. The van der Waals surface area contributed by atoms with Crippen LogP contribution in [-0.2, 0) is 4.79 Å². The largest absolute Gasteiger partial charge is 0.309 e. The first-order valence-electron chi connectivity index (χ1n) is 6.55. The zero-order valence-corrected chi connectivity index (χ0v) is 13.5. The van der Waals surface area contributed by atoms with E-state index in [0.29, 0.717) is 6.42 Å². The van der Waals surface area contributed by atoms with Gasteiger partial charge in [-0.2, -0.15) is 0 Å². The van der Waals surface area contributed by atoms with Gasteiger partial charge in [-0.15, -0.1) is 0 Å². The van der Waals surface area contributed by atoms with Crippen LogP contribution in [0.4, 0.5) is 5.69 Å². The van der Waals surface area contributed by atoms with E-state index in [4.69, 9.17) is 0 Å². The van der Waals surface area contributed by atoms with Crippen molar-refractivity contribution in [2.45, 2.75) is 45.2 Å². The second kappa shape index (κ2) is 4.91. The first-order chi connectivity index (χ1) is 8.71. The molecular weight excluding hydrogens is 304 g/mol. The van der Waals surface area contributed by atoms with Crippen molar-refractivity contribution in [1.29, 1.82) is 0 Å². The lowest BCUT2D eigenvalue weighted by molar-refractivity contribution is -0.120. The Morgan fingerprint density at radius 2 is 1.95 bits per heavy atom. The summed E-state index contributed by atoms with van der Waals surface area (Å²) in [6.07, 6.45) is 0.503. The molecule has 1 fully saturated rings. The number of rotatable bonds is 1. The van der Waals surface area contributed by atoms with Gasteiger partial charge in [-0.1, -0.05) is 22.0 Å². The van der Waals surface area contributed by atoms with Crippen molar-refractivity contribution in [3.05, 3.63) is 28.7 Å². The minimum Gasteiger partial charge on any atom is -0.309 e. The monoisotopic (exact) mass is 324 g/mol. The number of nitrogens with zero attached hydrogens (tertiary/aromatic N) is 1. The van der Waals surface area contributed by atoms with E-state index in [1.807, 2.05) is 29.2 Å². The number of anilines is 1. The molecule has 0 unspecified atom stereocenters. The molecule has 19 heavy (non-hydrogen) atoms. The van der Waals surface area contributed by atoms with Crippen LogP contribution in [0.2, 0.25) is 0 Å². The van der Waals surface area contributed by atoms with Crippen molar-refractivity contribution in [3.63, 3.8) is 0 Å². The molecule has 1 aliphatic rings. The molecule has 4 heteroatoms. The number of amides is 1. The average molecular weight is 325 g/mol. The predicted molar refractivity (Wildman–Crippen MR) is 82.4 cm³/mol. The molecule has 0 spiro atoms. The van der Waals surface area contributed by atoms with E-state index in [2.05, 4.69) is 48.9 Å². The van der Waals surface area contributed by atoms with Crippen molar-refractivity contribution in [2.75, 3.05) is 11.4 Å². The maximum Gasteiger partial charge on any atom is 0.229 e. The lowest BCUT2D eigenvalue weighted by Gasteiger charge is -2.37. The molecule has 1 aromatic rings. The van der Waals surface area contributed by atoms with Crippen LogP contribution in [0.25, 0.3) is 0 Å². The third kappa shape index (κ3) is 3.18. The van der Waals surface area contributed by atoms with Crippen LogP contribution in [0.3, 0.4) is 0 Å². The van der Waals surface area contributed by atoms with Crippen LogP contribution in [0.5, 0.6) is 0 Å². The molecule has 1 heterocycles. The maximum absolute atomic E-state index is 12.6. The van der Waals surface area contributed by atoms with Crippen molar-refractivity contribution in [2.24, 2.45) is 0 Å². The van der Waals surface area contributed by atoms with E-state index in [-0.39, 0.29) is 17.0 Å². The Morgan fingerprint density at radius 3 is 2.58 bits per heavy atom. The van der Waals surface area contributed by atoms with Crippen LogP contribution < -0.4 is 10.2 Å². The smallest absolute Gasteiger partial charge is 0.229 e. The number of hydrogen-bond acceptors (Lipinski definition) is 2. The molecule has 0 aromatic heterocycles. The van der Waals surface area contributed by atoms with Crippen LogP contribution in [0.15, 0.2) is 28.7 Å². The van der Waals surface area contributed by atoms with Crippen LogP contribution >= 0.6 is 15.9 Å². The molecule has 0 saturated carbocycles. The van der Waals surface area contributed by atoms with Gasteiger partial charge in [0.05, 0.1) is 5.54 Å². The lowest BCUT2D eigenvalue weighted by Crippen LogP contribution is -2.51. The van der Waals surface area contributed by atoms with Crippen molar-refractivity contribution < 1.29 is 4.79 Å². The summed E-state index contributed by atoms with van der Waals surface area (Å²) in [5.74, 6) is 0.165.